The fourth-order valence-electron chi connectivity index (χ4n) is 4.45. The van der Waals surface area contributed by atoms with Crippen LogP contribution in [0, 0.1) is 5.41 Å². The molecule has 2 fully saturated rings. The van der Waals surface area contributed by atoms with Gasteiger partial charge >= 0.3 is 0 Å². The number of pyridine rings is 1. The molecule has 1 N–H and O–H groups in total. The van der Waals surface area contributed by atoms with Crippen molar-refractivity contribution in [2.24, 2.45) is 5.41 Å². The topological polar surface area (TPSA) is 99.3 Å². The van der Waals surface area contributed by atoms with E-state index < -0.39 is 0 Å². The fraction of sp³-hybridized carbons (Fsp3) is 0.476. The molecule has 8 nitrogen and oxygen atoms in total. The monoisotopic (exact) mass is 395 g/mol. The predicted molar refractivity (Wildman–Crippen MR) is 105 cm³/mol. The number of rotatable bonds is 4. The van der Waals surface area contributed by atoms with E-state index in [-0.39, 0.29) is 28.7 Å². The van der Waals surface area contributed by atoms with Crippen LogP contribution in [0.2, 0.25) is 0 Å². The summed E-state index contributed by atoms with van der Waals surface area (Å²) in [5, 5.41) is 6.61. The molecule has 0 unspecified atom stereocenters. The fourth-order valence-corrected chi connectivity index (χ4v) is 4.45. The standard InChI is InChI=1S/C21H25N5O3/c1-15(27)17-10-18(24-23-17)20(29)25-9-3-6-21(13-25)7-5-19(28)26(14-21)12-16-4-2-8-22-11-16/h2,4,8,10-11H,3,5-7,9,12-14H2,1H3,(H,23,24)/t21-/m1/s1. The van der Waals surface area contributed by atoms with Crippen molar-refractivity contribution in [3.05, 3.63) is 47.5 Å². The third kappa shape index (κ3) is 4.06. The van der Waals surface area contributed by atoms with E-state index in [9.17, 15) is 14.4 Å². The van der Waals surface area contributed by atoms with Crippen LogP contribution in [0.15, 0.2) is 30.6 Å². The summed E-state index contributed by atoms with van der Waals surface area (Å²) in [5.41, 5.74) is 1.53. The van der Waals surface area contributed by atoms with E-state index in [2.05, 4.69) is 15.2 Å². The van der Waals surface area contributed by atoms with Crippen molar-refractivity contribution in [1.82, 2.24) is 25.0 Å². The molecule has 2 aliphatic rings. The molecule has 0 radical (unpaired) electrons. The first-order chi connectivity index (χ1) is 14.0. The first kappa shape index (κ1) is 19.3. The lowest BCUT2D eigenvalue weighted by atomic mass is 9.73. The van der Waals surface area contributed by atoms with Gasteiger partial charge in [0.1, 0.15) is 11.4 Å². The van der Waals surface area contributed by atoms with E-state index in [1.165, 1.54) is 13.0 Å². The summed E-state index contributed by atoms with van der Waals surface area (Å²) in [6.07, 6.45) is 6.70. The highest BCUT2D eigenvalue weighted by Gasteiger charge is 2.43. The molecule has 4 heterocycles. The Bertz CT molecular complexity index is 925. The molecule has 0 aromatic carbocycles. The summed E-state index contributed by atoms with van der Waals surface area (Å²) >= 11 is 0. The quantitative estimate of drug-likeness (QED) is 0.799. The number of amides is 2. The molecule has 4 rings (SSSR count). The number of nitrogens with zero attached hydrogens (tertiary/aromatic N) is 4. The largest absolute Gasteiger partial charge is 0.338 e. The molecule has 2 amide bonds. The van der Waals surface area contributed by atoms with E-state index in [0.29, 0.717) is 38.3 Å². The predicted octanol–water partition coefficient (Wildman–Crippen LogP) is 2.05. The van der Waals surface area contributed by atoms with Gasteiger partial charge in [0.25, 0.3) is 5.91 Å². The zero-order chi connectivity index (χ0) is 20.4. The van der Waals surface area contributed by atoms with Crippen LogP contribution in [0.3, 0.4) is 0 Å². The zero-order valence-electron chi connectivity index (χ0n) is 16.6. The van der Waals surface area contributed by atoms with Crippen LogP contribution in [0.4, 0.5) is 0 Å². The minimum Gasteiger partial charge on any atom is -0.338 e. The SMILES string of the molecule is CC(=O)c1cc(C(=O)N2CCC[C@@]3(CCC(=O)N(Cc4cccnc4)C3)C2)[nH]n1. The number of nitrogens with one attached hydrogen (secondary N) is 1. The lowest BCUT2D eigenvalue weighted by Gasteiger charge is -2.48. The first-order valence-corrected chi connectivity index (χ1v) is 9.98. The molecule has 2 aromatic rings. The maximum absolute atomic E-state index is 13.0. The average molecular weight is 395 g/mol. The van der Waals surface area contributed by atoms with Gasteiger partial charge in [0.05, 0.1) is 0 Å². The summed E-state index contributed by atoms with van der Waals surface area (Å²) in [6.45, 7) is 3.90. The third-order valence-electron chi connectivity index (χ3n) is 5.96. The van der Waals surface area contributed by atoms with Gasteiger partial charge in [-0.2, -0.15) is 5.10 Å². The van der Waals surface area contributed by atoms with Crippen LogP contribution in [0.5, 0.6) is 0 Å². The van der Waals surface area contributed by atoms with Crippen LogP contribution in [0.25, 0.3) is 0 Å². The highest BCUT2D eigenvalue weighted by atomic mass is 16.2. The second-order valence-corrected chi connectivity index (χ2v) is 8.16. The zero-order valence-corrected chi connectivity index (χ0v) is 16.6. The van der Waals surface area contributed by atoms with Crippen LogP contribution in [-0.4, -0.2) is 62.2 Å². The van der Waals surface area contributed by atoms with Crippen LogP contribution in [-0.2, 0) is 11.3 Å². The maximum Gasteiger partial charge on any atom is 0.271 e. The minimum atomic E-state index is -0.174. The third-order valence-corrected chi connectivity index (χ3v) is 5.96. The molecule has 0 saturated carbocycles. The normalized spacial score (nSPS) is 22.2. The Balaban J connectivity index is 1.47. The molecular weight excluding hydrogens is 370 g/mol. The number of hydrogen-bond acceptors (Lipinski definition) is 5. The number of piperidine rings is 2. The Morgan fingerprint density at radius 3 is 2.86 bits per heavy atom. The molecule has 2 aliphatic heterocycles. The Morgan fingerprint density at radius 1 is 1.28 bits per heavy atom. The summed E-state index contributed by atoms with van der Waals surface area (Å²) < 4.78 is 0. The summed E-state index contributed by atoms with van der Waals surface area (Å²) in [7, 11) is 0. The number of likely N-dealkylation sites (tertiary alicyclic amines) is 2. The highest BCUT2D eigenvalue weighted by molar-refractivity contribution is 5.97. The smallest absolute Gasteiger partial charge is 0.271 e. The molecule has 2 aromatic heterocycles. The van der Waals surface area contributed by atoms with Crippen LogP contribution in [0.1, 0.15) is 59.1 Å². The van der Waals surface area contributed by atoms with Gasteiger partial charge in [0.2, 0.25) is 5.91 Å². The van der Waals surface area contributed by atoms with E-state index in [1.807, 2.05) is 21.9 Å². The van der Waals surface area contributed by atoms with Crippen molar-refractivity contribution in [2.45, 2.75) is 39.2 Å². The van der Waals surface area contributed by atoms with E-state index >= 15 is 0 Å². The van der Waals surface area contributed by atoms with E-state index in [0.717, 1.165) is 24.8 Å². The number of Topliss-reactive ketones (excluding diaryl/α,β-unsaturated/α-hetero) is 1. The van der Waals surface area contributed by atoms with Gasteiger partial charge in [-0.3, -0.25) is 24.5 Å². The van der Waals surface area contributed by atoms with Crippen LogP contribution >= 0.6 is 0 Å². The van der Waals surface area contributed by atoms with Gasteiger partial charge in [0.15, 0.2) is 5.78 Å². The molecule has 1 spiro atoms. The van der Waals surface area contributed by atoms with Gasteiger partial charge in [-0.05, 0) is 37.0 Å². The van der Waals surface area contributed by atoms with E-state index in [1.54, 1.807) is 12.4 Å². The van der Waals surface area contributed by atoms with Crippen molar-refractivity contribution in [3.8, 4) is 0 Å². The first-order valence-electron chi connectivity index (χ1n) is 9.98. The summed E-state index contributed by atoms with van der Waals surface area (Å²) in [5.74, 6) is -0.158. The van der Waals surface area contributed by atoms with Crippen molar-refractivity contribution in [3.63, 3.8) is 0 Å². The summed E-state index contributed by atoms with van der Waals surface area (Å²) in [6, 6.07) is 5.37. The van der Waals surface area contributed by atoms with Gasteiger partial charge in [-0.1, -0.05) is 6.07 Å². The molecule has 29 heavy (non-hydrogen) atoms. The lowest BCUT2D eigenvalue weighted by Crippen LogP contribution is -2.54. The number of ketones is 1. The number of aromatic nitrogens is 3. The number of H-pyrrole nitrogens is 1. The Hall–Kier alpha value is -3.03. The highest BCUT2D eigenvalue weighted by Crippen LogP contribution is 2.39. The second kappa shape index (κ2) is 7.77. The van der Waals surface area contributed by atoms with Gasteiger partial charge in [0, 0.05) is 57.3 Å². The van der Waals surface area contributed by atoms with Gasteiger partial charge in [-0.15, -0.1) is 0 Å². The summed E-state index contributed by atoms with van der Waals surface area (Å²) in [4.78, 5) is 44.8. The molecule has 0 aliphatic carbocycles. The van der Waals surface area contributed by atoms with Crippen molar-refractivity contribution < 1.29 is 14.4 Å². The van der Waals surface area contributed by atoms with Gasteiger partial charge < -0.3 is 9.80 Å². The molecule has 0 bridgehead atoms. The van der Waals surface area contributed by atoms with Crippen molar-refractivity contribution in [2.75, 3.05) is 19.6 Å². The number of hydrogen-bond donors (Lipinski definition) is 1. The van der Waals surface area contributed by atoms with Crippen LogP contribution < -0.4 is 0 Å². The molecule has 1 atom stereocenters. The van der Waals surface area contributed by atoms with Gasteiger partial charge in [-0.25, -0.2) is 0 Å². The average Bonchev–Trinajstić information content (AvgIpc) is 3.22. The number of aromatic amines is 1. The number of carbonyl (C=O) groups is 3. The molecular formula is C21H25N5O3. The maximum atomic E-state index is 13.0. The number of carbonyl (C=O) groups excluding carboxylic acids is 3. The Morgan fingerprint density at radius 2 is 2.14 bits per heavy atom. The Kier molecular flexibility index (Phi) is 5.17. The van der Waals surface area contributed by atoms with Crippen molar-refractivity contribution in [1.29, 1.82) is 0 Å². The molecule has 152 valence electrons. The molecule has 2 saturated heterocycles. The lowest BCUT2D eigenvalue weighted by molar-refractivity contribution is -0.139. The van der Waals surface area contributed by atoms with Crippen molar-refractivity contribution >= 4 is 17.6 Å². The minimum absolute atomic E-state index is 0.0898. The second-order valence-electron chi connectivity index (χ2n) is 8.16. The molecule has 8 heteroatoms. The van der Waals surface area contributed by atoms with E-state index in [4.69, 9.17) is 0 Å². The Labute approximate surface area is 169 Å².